The van der Waals surface area contributed by atoms with Crippen molar-refractivity contribution in [3.63, 3.8) is 0 Å². The number of unbranched alkanes of at least 4 members (excludes halogenated alkanes) is 3. The van der Waals surface area contributed by atoms with Gasteiger partial charge < -0.3 is 4.98 Å². The summed E-state index contributed by atoms with van der Waals surface area (Å²) in [6.07, 6.45) is 8.26. The summed E-state index contributed by atoms with van der Waals surface area (Å²) in [6, 6.07) is 10.4. The minimum atomic E-state index is 0.849. The quantitative estimate of drug-likeness (QED) is 0.646. The van der Waals surface area contributed by atoms with Crippen molar-refractivity contribution in [2.24, 2.45) is 0 Å². The van der Waals surface area contributed by atoms with Gasteiger partial charge in [0.05, 0.1) is 11.0 Å². The third-order valence-corrected chi connectivity index (χ3v) is 4.10. The van der Waals surface area contributed by atoms with Crippen LogP contribution in [0.5, 0.6) is 0 Å². The molecule has 3 heteroatoms. The van der Waals surface area contributed by atoms with E-state index in [0.29, 0.717) is 0 Å². The fraction of sp³-hybridized carbons (Fsp3) is 0.368. The van der Waals surface area contributed by atoms with E-state index in [-0.39, 0.29) is 0 Å². The van der Waals surface area contributed by atoms with Gasteiger partial charge in [-0.1, -0.05) is 44.4 Å². The first-order valence-corrected chi connectivity index (χ1v) is 8.18. The van der Waals surface area contributed by atoms with Gasteiger partial charge in [0.2, 0.25) is 0 Å². The molecular formula is C19H23N3. The highest BCUT2D eigenvalue weighted by molar-refractivity contribution is 5.81. The number of nitrogens with zero attached hydrogens (tertiary/aromatic N) is 2. The molecule has 0 aliphatic heterocycles. The topological polar surface area (TPSA) is 41.6 Å². The number of rotatable bonds is 6. The molecule has 0 spiro atoms. The molecule has 0 saturated carbocycles. The summed E-state index contributed by atoms with van der Waals surface area (Å²) < 4.78 is 0. The first-order valence-electron chi connectivity index (χ1n) is 8.18. The van der Waals surface area contributed by atoms with E-state index in [1.54, 1.807) is 0 Å². The van der Waals surface area contributed by atoms with Gasteiger partial charge in [0.25, 0.3) is 0 Å². The Hall–Kier alpha value is -2.16. The van der Waals surface area contributed by atoms with Gasteiger partial charge >= 0.3 is 0 Å². The van der Waals surface area contributed by atoms with Crippen LogP contribution in [-0.4, -0.2) is 15.0 Å². The smallest absolute Gasteiger partial charge is 0.157 e. The standard InChI is InChI=1S/C19H23N3/c1-3-4-5-6-9-15-11-12-17(20-13-15)19-21-16-10-7-8-14(2)18(16)22-19/h7-8,10-13H,3-6,9H2,1-2H3,(H,21,22). The van der Waals surface area contributed by atoms with Crippen LogP contribution in [0.15, 0.2) is 36.5 Å². The zero-order chi connectivity index (χ0) is 15.4. The van der Waals surface area contributed by atoms with Crippen LogP contribution in [0.3, 0.4) is 0 Å². The molecule has 0 saturated heterocycles. The Morgan fingerprint density at radius 3 is 2.68 bits per heavy atom. The molecule has 22 heavy (non-hydrogen) atoms. The molecule has 3 nitrogen and oxygen atoms in total. The Morgan fingerprint density at radius 1 is 1.05 bits per heavy atom. The van der Waals surface area contributed by atoms with Gasteiger partial charge in [-0.3, -0.25) is 4.98 Å². The summed E-state index contributed by atoms with van der Waals surface area (Å²) in [5.74, 6) is 0.849. The summed E-state index contributed by atoms with van der Waals surface area (Å²) in [5.41, 5.74) is 5.51. The number of H-pyrrole nitrogens is 1. The monoisotopic (exact) mass is 293 g/mol. The molecule has 2 aromatic heterocycles. The maximum Gasteiger partial charge on any atom is 0.157 e. The van der Waals surface area contributed by atoms with E-state index < -0.39 is 0 Å². The Morgan fingerprint density at radius 2 is 1.95 bits per heavy atom. The fourth-order valence-electron chi connectivity index (χ4n) is 2.77. The summed E-state index contributed by atoms with van der Waals surface area (Å²) >= 11 is 0. The molecule has 0 amide bonds. The predicted octanol–water partition coefficient (Wildman–Crippen LogP) is 5.06. The zero-order valence-electron chi connectivity index (χ0n) is 13.4. The number of aromatic amines is 1. The van der Waals surface area contributed by atoms with Crippen molar-refractivity contribution < 1.29 is 0 Å². The fourth-order valence-corrected chi connectivity index (χ4v) is 2.77. The Balaban J connectivity index is 1.75. The van der Waals surface area contributed by atoms with Gasteiger partial charge in [0.15, 0.2) is 5.82 Å². The van der Waals surface area contributed by atoms with E-state index in [1.165, 1.54) is 36.8 Å². The van der Waals surface area contributed by atoms with Crippen LogP contribution in [0.4, 0.5) is 0 Å². The third kappa shape index (κ3) is 3.19. The highest BCUT2D eigenvalue weighted by Gasteiger charge is 2.07. The lowest BCUT2D eigenvalue weighted by Gasteiger charge is -2.02. The number of hydrogen-bond donors (Lipinski definition) is 1. The lowest BCUT2D eigenvalue weighted by molar-refractivity contribution is 0.666. The van der Waals surface area contributed by atoms with Crippen molar-refractivity contribution >= 4 is 11.0 Å². The molecule has 0 aliphatic carbocycles. The number of aromatic nitrogens is 3. The van der Waals surface area contributed by atoms with Crippen molar-refractivity contribution in [1.29, 1.82) is 0 Å². The molecule has 114 valence electrons. The number of hydrogen-bond acceptors (Lipinski definition) is 2. The molecule has 0 atom stereocenters. The molecule has 1 aromatic carbocycles. The lowest BCUT2D eigenvalue weighted by atomic mass is 10.1. The van der Waals surface area contributed by atoms with E-state index in [2.05, 4.69) is 53.1 Å². The summed E-state index contributed by atoms with van der Waals surface area (Å²) in [6.45, 7) is 4.32. The van der Waals surface area contributed by atoms with Crippen molar-refractivity contribution in [3.05, 3.63) is 47.7 Å². The maximum atomic E-state index is 4.68. The Labute approximate surface area is 131 Å². The SMILES string of the molecule is CCCCCCc1ccc(-c2nc3c(C)cccc3[nH]2)nc1. The normalized spacial score (nSPS) is 11.2. The first kappa shape index (κ1) is 14.8. The summed E-state index contributed by atoms with van der Waals surface area (Å²) in [7, 11) is 0. The van der Waals surface area contributed by atoms with E-state index in [9.17, 15) is 0 Å². The van der Waals surface area contributed by atoms with Crippen LogP contribution < -0.4 is 0 Å². The summed E-state index contributed by atoms with van der Waals surface area (Å²) in [5, 5.41) is 0. The van der Waals surface area contributed by atoms with Crippen LogP contribution in [0.1, 0.15) is 43.7 Å². The van der Waals surface area contributed by atoms with Gasteiger partial charge in [0.1, 0.15) is 5.69 Å². The second kappa shape index (κ2) is 6.73. The molecular weight excluding hydrogens is 270 g/mol. The number of nitrogens with one attached hydrogen (secondary N) is 1. The molecule has 0 fully saturated rings. The molecule has 0 aliphatic rings. The molecule has 0 bridgehead atoms. The average molecular weight is 293 g/mol. The first-order chi connectivity index (χ1) is 10.8. The predicted molar refractivity (Wildman–Crippen MR) is 91.9 cm³/mol. The van der Waals surface area contributed by atoms with Crippen LogP contribution >= 0.6 is 0 Å². The lowest BCUT2D eigenvalue weighted by Crippen LogP contribution is -1.90. The molecule has 2 heterocycles. The molecule has 3 aromatic rings. The average Bonchev–Trinajstić information content (AvgIpc) is 2.98. The Kier molecular flexibility index (Phi) is 4.52. The molecule has 0 unspecified atom stereocenters. The number of benzene rings is 1. The van der Waals surface area contributed by atoms with Crippen LogP contribution in [0.2, 0.25) is 0 Å². The van der Waals surface area contributed by atoms with Gasteiger partial charge in [0, 0.05) is 6.20 Å². The Bertz CT molecular complexity index is 741. The van der Waals surface area contributed by atoms with Crippen molar-refractivity contribution in [3.8, 4) is 11.5 Å². The van der Waals surface area contributed by atoms with Crippen LogP contribution in [0.25, 0.3) is 22.6 Å². The largest absolute Gasteiger partial charge is 0.337 e. The molecule has 0 radical (unpaired) electrons. The molecule has 3 rings (SSSR count). The minimum Gasteiger partial charge on any atom is -0.337 e. The van der Waals surface area contributed by atoms with Gasteiger partial charge in [-0.05, 0) is 43.0 Å². The van der Waals surface area contributed by atoms with Gasteiger partial charge in [-0.2, -0.15) is 0 Å². The number of imidazole rings is 1. The maximum absolute atomic E-state index is 4.68. The highest BCUT2D eigenvalue weighted by atomic mass is 14.9. The zero-order valence-corrected chi connectivity index (χ0v) is 13.4. The van der Waals surface area contributed by atoms with Crippen LogP contribution in [-0.2, 0) is 6.42 Å². The number of pyridine rings is 1. The van der Waals surface area contributed by atoms with Gasteiger partial charge in [-0.25, -0.2) is 4.98 Å². The van der Waals surface area contributed by atoms with E-state index in [4.69, 9.17) is 0 Å². The minimum absolute atomic E-state index is 0.849. The second-order valence-electron chi connectivity index (χ2n) is 5.92. The van der Waals surface area contributed by atoms with E-state index in [0.717, 1.165) is 29.0 Å². The number of fused-ring (bicyclic) bond motifs is 1. The van der Waals surface area contributed by atoms with E-state index in [1.807, 2.05) is 12.3 Å². The van der Waals surface area contributed by atoms with Crippen molar-refractivity contribution in [1.82, 2.24) is 15.0 Å². The van der Waals surface area contributed by atoms with E-state index >= 15 is 0 Å². The highest BCUT2D eigenvalue weighted by Crippen LogP contribution is 2.21. The summed E-state index contributed by atoms with van der Waals surface area (Å²) in [4.78, 5) is 12.6. The molecule has 1 N–H and O–H groups in total. The van der Waals surface area contributed by atoms with Crippen molar-refractivity contribution in [2.75, 3.05) is 0 Å². The van der Waals surface area contributed by atoms with Gasteiger partial charge in [-0.15, -0.1) is 0 Å². The van der Waals surface area contributed by atoms with Crippen molar-refractivity contribution in [2.45, 2.75) is 46.0 Å². The second-order valence-corrected chi connectivity index (χ2v) is 5.92. The number of para-hydroxylation sites is 1. The van der Waals surface area contributed by atoms with Crippen LogP contribution in [0, 0.1) is 6.92 Å². The number of aryl methyl sites for hydroxylation is 2. The third-order valence-electron chi connectivity index (χ3n) is 4.10.